The Kier molecular flexibility index (Phi) is 3.97. The van der Waals surface area contributed by atoms with E-state index in [0.717, 1.165) is 19.3 Å². The van der Waals surface area contributed by atoms with E-state index in [-0.39, 0.29) is 18.0 Å². The molecule has 0 saturated heterocycles. The SMILES string of the molecule is C#CC(CC)NC(C)C(=O)NC1CC1. The first-order valence-electron chi connectivity index (χ1n) is 5.20. The van der Waals surface area contributed by atoms with Gasteiger partial charge in [-0.25, -0.2) is 0 Å². The molecule has 14 heavy (non-hydrogen) atoms. The number of rotatable bonds is 5. The summed E-state index contributed by atoms with van der Waals surface area (Å²) in [5.41, 5.74) is 0. The molecule has 3 heteroatoms. The van der Waals surface area contributed by atoms with Crippen LogP contribution in [0.25, 0.3) is 0 Å². The summed E-state index contributed by atoms with van der Waals surface area (Å²) in [5.74, 6) is 2.67. The van der Waals surface area contributed by atoms with Crippen LogP contribution in [-0.2, 0) is 4.79 Å². The van der Waals surface area contributed by atoms with Crippen LogP contribution in [0.1, 0.15) is 33.1 Å². The first kappa shape index (κ1) is 11.1. The maximum Gasteiger partial charge on any atom is 0.237 e. The summed E-state index contributed by atoms with van der Waals surface area (Å²) in [6.07, 6.45) is 8.38. The van der Waals surface area contributed by atoms with Gasteiger partial charge in [-0.3, -0.25) is 10.1 Å². The summed E-state index contributed by atoms with van der Waals surface area (Å²) >= 11 is 0. The van der Waals surface area contributed by atoms with Crippen LogP contribution in [0.5, 0.6) is 0 Å². The average molecular weight is 194 g/mol. The number of hydrogen-bond acceptors (Lipinski definition) is 2. The van der Waals surface area contributed by atoms with E-state index < -0.39 is 0 Å². The lowest BCUT2D eigenvalue weighted by Gasteiger charge is -2.17. The van der Waals surface area contributed by atoms with Crippen molar-refractivity contribution in [3.05, 3.63) is 0 Å². The minimum Gasteiger partial charge on any atom is -0.352 e. The number of carbonyl (C=O) groups is 1. The molecule has 1 aliphatic rings. The van der Waals surface area contributed by atoms with Crippen LogP contribution >= 0.6 is 0 Å². The van der Waals surface area contributed by atoms with Gasteiger partial charge in [-0.15, -0.1) is 6.42 Å². The van der Waals surface area contributed by atoms with Crippen molar-refractivity contribution < 1.29 is 4.79 Å². The fourth-order valence-corrected chi connectivity index (χ4v) is 1.22. The molecule has 1 rings (SSSR count). The van der Waals surface area contributed by atoms with Crippen LogP contribution < -0.4 is 10.6 Å². The molecule has 1 saturated carbocycles. The van der Waals surface area contributed by atoms with Gasteiger partial charge in [0.25, 0.3) is 0 Å². The Hall–Kier alpha value is -1.01. The van der Waals surface area contributed by atoms with E-state index >= 15 is 0 Å². The zero-order valence-corrected chi connectivity index (χ0v) is 8.84. The quantitative estimate of drug-likeness (QED) is 0.631. The Balaban J connectivity index is 2.28. The third kappa shape index (κ3) is 3.39. The van der Waals surface area contributed by atoms with Crippen molar-refractivity contribution >= 4 is 5.91 Å². The Labute approximate surface area is 85.6 Å². The van der Waals surface area contributed by atoms with Crippen LogP contribution in [0.15, 0.2) is 0 Å². The van der Waals surface area contributed by atoms with Crippen molar-refractivity contribution in [2.24, 2.45) is 0 Å². The summed E-state index contributed by atoms with van der Waals surface area (Å²) in [6, 6.07) is 0.212. The molecule has 0 aromatic heterocycles. The van der Waals surface area contributed by atoms with E-state index in [1.54, 1.807) is 0 Å². The normalized spacial score (nSPS) is 19.5. The number of nitrogens with one attached hydrogen (secondary N) is 2. The molecule has 2 atom stereocenters. The zero-order valence-electron chi connectivity index (χ0n) is 8.84. The molecule has 1 amide bonds. The highest BCUT2D eigenvalue weighted by atomic mass is 16.2. The van der Waals surface area contributed by atoms with Crippen LogP contribution in [-0.4, -0.2) is 24.0 Å². The monoisotopic (exact) mass is 194 g/mol. The van der Waals surface area contributed by atoms with Gasteiger partial charge in [-0.1, -0.05) is 12.8 Å². The molecule has 0 aromatic carbocycles. The van der Waals surface area contributed by atoms with Gasteiger partial charge < -0.3 is 5.32 Å². The second-order valence-electron chi connectivity index (χ2n) is 3.80. The summed E-state index contributed by atoms with van der Waals surface area (Å²) in [4.78, 5) is 11.5. The molecular formula is C11H18N2O. The maximum atomic E-state index is 11.5. The molecule has 0 bridgehead atoms. The average Bonchev–Trinajstić information content (AvgIpc) is 2.97. The van der Waals surface area contributed by atoms with Gasteiger partial charge in [-0.05, 0) is 26.2 Å². The number of terminal acetylenes is 1. The molecule has 2 N–H and O–H groups in total. The topological polar surface area (TPSA) is 41.1 Å². The number of hydrogen-bond donors (Lipinski definition) is 2. The highest BCUT2D eigenvalue weighted by Gasteiger charge is 2.25. The first-order valence-corrected chi connectivity index (χ1v) is 5.20. The summed E-state index contributed by atoms with van der Waals surface area (Å²) in [7, 11) is 0. The van der Waals surface area contributed by atoms with E-state index in [2.05, 4.69) is 16.6 Å². The summed E-state index contributed by atoms with van der Waals surface area (Å²) in [6.45, 7) is 3.85. The van der Waals surface area contributed by atoms with Crippen molar-refractivity contribution in [2.45, 2.75) is 51.2 Å². The molecule has 0 radical (unpaired) electrons. The van der Waals surface area contributed by atoms with E-state index in [9.17, 15) is 4.79 Å². The van der Waals surface area contributed by atoms with Crippen LogP contribution in [0, 0.1) is 12.3 Å². The number of amides is 1. The third-order valence-electron chi connectivity index (χ3n) is 2.38. The van der Waals surface area contributed by atoms with Crippen molar-refractivity contribution in [3.8, 4) is 12.3 Å². The van der Waals surface area contributed by atoms with Gasteiger partial charge in [0.05, 0.1) is 12.1 Å². The summed E-state index contributed by atoms with van der Waals surface area (Å²) < 4.78 is 0. The van der Waals surface area contributed by atoms with Gasteiger partial charge in [0, 0.05) is 6.04 Å². The van der Waals surface area contributed by atoms with Gasteiger partial charge in [0.15, 0.2) is 0 Å². The zero-order chi connectivity index (χ0) is 10.6. The smallest absolute Gasteiger partial charge is 0.237 e. The molecular weight excluding hydrogens is 176 g/mol. The van der Waals surface area contributed by atoms with Crippen molar-refractivity contribution in [1.29, 1.82) is 0 Å². The minimum atomic E-state index is -0.198. The van der Waals surface area contributed by atoms with E-state index in [1.165, 1.54) is 0 Å². The van der Waals surface area contributed by atoms with Crippen molar-refractivity contribution in [1.82, 2.24) is 10.6 Å². The van der Waals surface area contributed by atoms with Crippen LogP contribution in [0.2, 0.25) is 0 Å². The third-order valence-corrected chi connectivity index (χ3v) is 2.38. The molecule has 1 aliphatic carbocycles. The molecule has 0 aromatic rings. The second-order valence-corrected chi connectivity index (χ2v) is 3.80. The standard InChI is InChI=1S/C11H18N2O/c1-4-9(5-2)12-8(3)11(14)13-10-6-7-10/h1,8-10,12H,5-7H2,2-3H3,(H,13,14). The minimum absolute atomic E-state index is 0.00467. The fourth-order valence-electron chi connectivity index (χ4n) is 1.22. The van der Waals surface area contributed by atoms with Crippen LogP contribution in [0.4, 0.5) is 0 Å². The highest BCUT2D eigenvalue weighted by molar-refractivity contribution is 5.81. The maximum absolute atomic E-state index is 11.5. The molecule has 1 fully saturated rings. The van der Waals surface area contributed by atoms with E-state index in [4.69, 9.17) is 6.42 Å². The lowest BCUT2D eigenvalue weighted by Crippen LogP contribution is -2.46. The molecule has 78 valence electrons. The Morgan fingerprint density at radius 1 is 1.64 bits per heavy atom. The van der Waals surface area contributed by atoms with Gasteiger partial charge in [0.2, 0.25) is 5.91 Å². The van der Waals surface area contributed by atoms with E-state index in [0.29, 0.717) is 6.04 Å². The van der Waals surface area contributed by atoms with Gasteiger partial charge in [0.1, 0.15) is 0 Å². The Morgan fingerprint density at radius 3 is 2.71 bits per heavy atom. The molecule has 2 unspecified atom stereocenters. The Bertz CT molecular complexity index is 240. The van der Waals surface area contributed by atoms with Crippen molar-refractivity contribution in [2.75, 3.05) is 0 Å². The molecule has 0 spiro atoms. The van der Waals surface area contributed by atoms with Gasteiger partial charge >= 0.3 is 0 Å². The van der Waals surface area contributed by atoms with Crippen molar-refractivity contribution in [3.63, 3.8) is 0 Å². The van der Waals surface area contributed by atoms with E-state index in [1.807, 2.05) is 13.8 Å². The largest absolute Gasteiger partial charge is 0.352 e. The summed E-state index contributed by atoms with van der Waals surface area (Å²) in [5, 5.41) is 6.04. The van der Waals surface area contributed by atoms with Crippen LogP contribution in [0.3, 0.4) is 0 Å². The fraction of sp³-hybridized carbons (Fsp3) is 0.727. The molecule has 0 heterocycles. The number of carbonyl (C=O) groups excluding carboxylic acids is 1. The lowest BCUT2D eigenvalue weighted by atomic mass is 10.2. The molecule has 0 aliphatic heterocycles. The predicted octanol–water partition coefficient (Wildman–Crippen LogP) is 0.655. The van der Waals surface area contributed by atoms with Gasteiger partial charge in [-0.2, -0.15) is 0 Å². The Morgan fingerprint density at radius 2 is 2.29 bits per heavy atom. The second kappa shape index (κ2) is 5.02. The lowest BCUT2D eigenvalue weighted by molar-refractivity contribution is -0.123. The predicted molar refractivity (Wildman–Crippen MR) is 56.7 cm³/mol. The highest BCUT2D eigenvalue weighted by Crippen LogP contribution is 2.18. The first-order chi connectivity index (χ1) is 6.67. The molecule has 3 nitrogen and oxygen atoms in total.